The minimum atomic E-state index is -0.713. The summed E-state index contributed by atoms with van der Waals surface area (Å²) in [6.07, 6.45) is 2.21. The Balaban J connectivity index is 1.36. The summed E-state index contributed by atoms with van der Waals surface area (Å²) in [6.45, 7) is 2.92. The summed E-state index contributed by atoms with van der Waals surface area (Å²) in [6, 6.07) is 30.3. The molecule has 7 nitrogen and oxygen atoms in total. The van der Waals surface area contributed by atoms with Crippen LogP contribution in [-0.4, -0.2) is 44.0 Å². The minimum absolute atomic E-state index is 0.0555. The molecule has 0 spiro atoms. The van der Waals surface area contributed by atoms with Crippen LogP contribution in [0.5, 0.6) is 5.75 Å². The predicted molar refractivity (Wildman–Crippen MR) is 175 cm³/mol. The first-order valence-electron chi connectivity index (χ1n) is 14.7. The Labute approximate surface area is 263 Å². The summed E-state index contributed by atoms with van der Waals surface area (Å²) >= 11 is 6.16. The van der Waals surface area contributed by atoms with E-state index in [1.807, 2.05) is 67.6 Å². The van der Waals surface area contributed by atoms with Crippen LogP contribution >= 0.6 is 11.6 Å². The molecule has 8 heteroatoms. The number of methoxy groups -OCH3 is 1. The van der Waals surface area contributed by atoms with Gasteiger partial charge in [-0.05, 0) is 60.9 Å². The Morgan fingerprint density at radius 2 is 1.61 bits per heavy atom. The van der Waals surface area contributed by atoms with E-state index in [0.29, 0.717) is 60.0 Å². The van der Waals surface area contributed by atoms with Crippen molar-refractivity contribution in [2.24, 2.45) is 0 Å². The number of halogens is 1. The van der Waals surface area contributed by atoms with Crippen LogP contribution in [0.2, 0.25) is 5.02 Å². The molecule has 0 heterocycles. The fraction of sp³-hybridized carbons (Fsp3) is 0.250. The van der Waals surface area contributed by atoms with Crippen molar-refractivity contribution in [2.45, 2.75) is 38.6 Å². The molecule has 0 radical (unpaired) electrons. The van der Waals surface area contributed by atoms with E-state index < -0.39 is 12.0 Å². The van der Waals surface area contributed by atoms with E-state index in [1.54, 1.807) is 47.4 Å². The Morgan fingerprint density at radius 1 is 0.886 bits per heavy atom. The third-order valence-electron chi connectivity index (χ3n) is 7.07. The lowest BCUT2D eigenvalue weighted by Gasteiger charge is -2.23. The Morgan fingerprint density at radius 3 is 2.32 bits per heavy atom. The molecule has 4 aromatic carbocycles. The van der Waals surface area contributed by atoms with Gasteiger partial charge >= 0.3 is 5.97 Å². The molecule has 228 valence electrons. The van der Waals surface area contributed by atoms with Crippen molar-refractivity contribution in [3.8, 4) is 5.75 Å². The zero-order chi connectivity index (χ0) is 31.3. The summed E-state index contributed by atoms with van der Waals surface area (Å²) in [5.41, 5.74) is 3.27. The third kappa shape index (κ3) is 8.94. The van der Waals surface area contributed by atoms with E-state index >= 15 is 0 Å². The SMILES string of the molecule is CCCC(=O)N(CCCOc1ccc(C[C@H](Nc2ccccc2C(=O)c2ccccc2)C(=O)OC)cc1)c1cccc(Cl)c1. The molecule has 4 aromatic rings. The van der Waals surface area contributed by atoms with E-state index in [2.05, 4.69) is 5.32 Å². The Hall–Kier alpha value is -4.62. The molecule has 4 rings (SSSR count). The molecule has 1 atom stereocenters. The highest BCUT2D eigenvalue weighted by Gasteiger charge is 2.23. The lowest BCUT2D eigenvalue weighted by molar-refractivity contribution is -0.141. The number of esters is 1. The van der Waals surface area contributed by atoms with Gasteiger partial charge < -0.3 is 19.7 Å². The Kier molecular flexibility index (Phi) is 12.0. The number of amides is 1. The molecule has 0 fully saturated rings. The second-order valence-corrected chi connectivity index (χ2v) is 10.7. The first-order chi connectivity index (χ1) is 21.4. The number of ketones is 1. The third-order valence-corrected chi connectivity index (χ3v) is 7.30. The van der Waals surface area contributed by atoms with Gasteiger partial charge in [-0.3, -0.25) is 9.59 Å². The molecule has 0 saturated heterocycles. The second-order valence-electron chi connectivity index (χ2n) is 10.3. The summed E-state index contributed by atoms with van der Waals surface area (Å²) in [5.74, 6) is 0.169. The highest BCUT2D eigenvalue weighted by atomic mass is 35.5. The van der Waals surface area contributed by atoms with Gasteiger partial charge in [-0.25, -0.2) is 4.79 Å². The summed E-state index contributed by atoms with van der Waals surface area (Å²) < 4.78 is 11.0. The van der Waals surface area contributed by atoms with E-state index in [4.69, 9.17) is 21.1 Å². The maximum atomic E-state index is 13.2. The molecule has 0 aliphatic heterocycles. The van der Waals surface area contributed by atoms with Gasteiger partial charge in [0.15, 0.2) is 5.78 Å². The first kappa shape index (κ1) is 32.3. The molecule has 0 bridgehead atoms. The highest BCUT2D eigenvalue weighted by molar-refractivity contribution is 6.30. The maximum absolute atomic E-state index is 13.2. The topological polar surface area (TPSA) is 84.9 Å². The van der Waals surface area contributed by atoms with Crippen LogP contribution < -0.4 is 15.0 Å². The fourth-order valence-electron chi connectivity index (χ4n) is 4.84. The lowest BCUT2D eigenvalue weighted by Crippen LogP contribution is -2.33. The van der Waals surface area contributed by atoms with Gasteiger partial charge in [0.25, 0.3) is 0 Å². The molecule has 0 aliphatic carbocycles. The van der Waals surface area contributed by atoms with Gasteiger partial charge in [0, 0.05) is 46.9 Å². The van der Waals surface area contributed by atoms with Gasteiger partial charge in [-0.15, -0.1) is 0 Å². The molecule has 0 saturated carbocycles. The number of nitrogens with one attached hydrogen (secondary N) is 1. The number of carbonyl (C=O) groups is 3. The van der Waals surface area contributed by atoms with Crippen LogP contribution in [0.15, 0.2) is 103 Å². The summed E-state index contributed by atoms with van der Waals surface area (Å²) in [7, 11) is 1.35. The van der Waals surface area contributed by atoms with Crippen LogP contribution in [0, 0.1) is 0 Å². The number of para-hydroxylation sites is 1. The first-order valence-corrected chi connectivity index (χ1v) is 15.1. The molecule has 1 amide bonds. The van der Waals surface area contributed by atoms with Crippen molar-refractivity contribution in [3.05, 3.63) is 125 Å². The normalized spacial score (nSPS) is 11.3. The molecule has 0 unspecified atom stereocenters. The monoisotopic (exact) mass is 612 g/mol. The van der Waals surface area contributed by atoms with Gasteiger partial charge in [0.2, 0.25) is 5.91 Å². The summed E-state index contributed by atoms with van der Waals surface area (Å²) in [4.78, 5) is 40.4. The Bertz CT molecular complexity index is 1540. The van der Waals surface area contributed by atoms with Crippen molar-refractivity contribution in [1.82, 2.24) is 0 Å². The number of nitrogens with zero attached hydrogens (tertiary/aromatic N) is 1. The average Bonchev–Trinajstić information content (AvgIpc) is 3.05. The number of benzene rings is 4. The lowest BCUT2D eigenvalue weighted by atomic mass is 10.00. The number of carbonyl (C=O) groups excluding carboxylic acids is 3. The van der Waals surface area contributed by atoms with Crippen molar-refractivity contribution in [3.63, 3.8) is 0 Å². The van der Waals surface area contributed by atoms with Crippen LogP contribution in [0.4, 0.5) is 11.4 Å². The number of hydrogen-bond acceptors (Lipinski definition) is 6. The van der Waals surface area contributed by atoms with E-state index in [1.165, 1.54) is 7.11 Å². The number of ether oxygens (including phenoxy) is 2. The van der Waals surface area contributed by atoms with Crippen molar-refractivity contribution in [2.75, 3.05) is 30.5 Å². The second kappa shape index (κ2) is 16.3. The summed E-state index contributed by atoms with van der Waals surface area (Å²) in [5, 5.41) is 3.82. The molecular weight excluding hydrogens is 576 g/mol. The smallest absolute Gasteiger partial charge is 0.328 e. The zero-order valence-electron chi connectivity index (χ0n) is 25.0. The van der Waals surface area contributed by atoms with E-state index in [9.17, 15) is 14.4 Å². The maximum Gasteiger partial charge on any atom is 0.328 e. The van der Waals surface area contributed by atoms with Crippen molar-refractivity contribution < 1.29 is 23.9 Å². The number of hydrogen-bond donors (Lipinski definition) is 1. The van der Waals surface area contributed by atoms with Crippen LogP contribution in [-0.2, 0) is 20.7 Å². The average molecular weight is 613 g/mol. The molecule has 0 aromatic heterocycles. The van der Waals surface area contributed by atoms with Crippen molar-refractivity contribution in [1.29, 1.82) is 0 Å². The van der Waals surface area contributed by atoms with Gasteiger partial charge in [-0.2, -0.15) is 0 Å². The van der Waals surface area contributed by atoms with Crippen LogP contribution in [0.1, 0.15) is 47.7 Å². The highest BCUT2D eigenvalue weighted by Crippen LogP contribution is 2.23. The largest absolute Gasteiger partial charge is 0.494 e. The van der Waals surface area contributed by atoms with Gasteiger partial charge in [-0.1, -0.05) is 79.2 Å². The molecular formula is C36H37ClN2O5. The van der Waals surface area contributed by atoms with Crippen LogP contribution in [0.3, 0.4) is 0 Å². The van der Waals surface area contributed by atoms with Crippen LogP contribution in [0.25, 0.3) is 0 Å². The fourth-order valence-corrected chi connectivity index (χ4v) is 5.02. The van der Waals surface area contributed by atoms with Gasteiger partial charge in [0.1, 0.15) is 11.8 Å². The molecule has 44 heavy (non-hydrogen) atoms. The zero-order valence-corrected chi connectivity index (χ0v) is 25.8. The number of rotatable bonds is 15. The number of anilines is 2. The van der Waals surface area contributed by atoms with E-state index in [-0.39, 0.29) is 11.7 Å². The standard InChI is InChI=1S/C36H37ClN2O5/c1-3-11-34(40)39(29-15-9-14-28(37)25-29)22-10-23-44-30-20-18-26(19-21-30)24-33(36(42)43-2)38-32-17-8-7-16-31(32)35(41)27-12-5-4-6-13-27/h4-9,12-21,25,33,38H,3,10-11,22-24H2,1-2H3/t33-/m0/s1. The minimum Gasteiger partial charge on any atom is -0.494 e. The van der Waals surface area contributed by atoms with E-state index in [0.717, 1.165) is 17.7 Å². The molecule has 1 N–H and O–H groups in total. The predicted octanol–water partition coefficient (Wildman–Crippen LogP) is 7.37. The van der Waals surface area contributed by atoms with Crippen molar-refractivity contribution >= 4 is 40.6 Å². The van der Waals surface area contributed by atoms with Gasteiger partial charge in [0.05, 0.1) is 13.7 Å². The molecule has 0 aliphatic rings. The quantitative estimate of drug-likeness (QED) is 0.0857.